The topological polar surface area (TPSA) is 84.5 Å². The number of carbonyl (C=O) groups is 2. The number of anilines is 1. The molecule has 0 saturated carbocycles. The second kappa shape index (κ2) is 9.91. The Kier molecular flexibility index (Phi) is 6.38. The summed E-state index contributed by atoms with van der Waals surface area (Å²) in [6.45, 7) is 1.77. The molecule has 2 amide bonds. The van der Waals surface area contributed by atoms with Crippen LogP contribution in [0, 0.1) is 5.92 Å². The van der Waals surface area contributed by atoms with Crippen molar-refractivity contribution in [2.24, 2.45) is 5.92 Å². The number of hydrogen-bond donors (Lipinski definition) is 1. The van der Waals surface area contributed by atoms with Crippen LogP contribution in [0.3, 0.4) is 0 Å². The highest BCUT2D eigenvalue weighted by Gasteiger charge is 2.27. The third-order valence-electron chi connectivity index (χ3n) is 6.32. The summed E-state index contributed by atoms with van der Waals surface area (Å²) < 4.78 is 3.74. The molecule has 174 valence electrons. The SMILES string of the molecule is O=C(Nc1ccn(Cc2cn3ccccc3n2)n1)C1CCN(C(=O)CCc2ccccc2)CC1. The summed E-state index contributed by atoms with van der Waals surface area (Å²) in [5.74, 6) is 0.555. The second-order valence-electron chi connectivity index (χ2n) is 8.73. The Bertz CT molecular complexity index is 1240. The smallest absolute Gasteiger partial charge is 0.228 e. The third-order valence-corrected chi connectivity index (χ3v) is 6.32. The zero-order valence-corrected chi connectivity index (χ0v) is 19.0. The van der Waals surface area contributed by atoms with Crippen molar-refractivity contribution >= 4 is 23.3 Å². The molecule has 0 atom stereocenters. The van der Waals surface area contributed by atoms with E-state index >= 15 is 0 Å². The van der Waals surface area contributed by atoms with Crippen LogP contribution in [0.25, 0.3) is 5.65 Å². The first kappa shape index (κ1) is 21.9. The maximum Gasteiger partial charge on any atom is 0.228 e. The van der Waals surface area contributed by atoms with Crippen molar-refractivity contribution in [1.29, 1.82) is 0 Å². The van der Waals surface area contributed by atoms with E-state index < -0.39 is 0 Å². The van der Waals surface area contributed by atoms with Gasteiger partial charge in [-0.15, -0.1) is 0 Å². The Morgan fingerprint density at radius 3 is 2.56 bits per heavy atom. The fraction of sp³-hybridized carbons (Fsp3) is 0.308. The van der Waals surface area contributed by atoms with E-state index in [2.05, 4.69) is 15.4 Å². The van der Waals surface area contributed by atoms with Crippen molar-refractivity contribution in [2.75, 3.05) is 18.4 Å². The van der Waals surface area contributed by atoms with Crippen molar-refractivity contribution in [3.63, 3.8) is 0 Å². The van der Waals surface area contributed by atoms with Gasteiger partial charge in [0.1, 0.15) is 5.65 Å². The van der Waals surface area contributed by atoms with Gasteiger partial charge in [-0.05, 0) is 37.0 Å². The number of aryl methyl sites for hydroxylation is 1. The molecule has 34 heavy (non-hydrogen) atoms. The van der Waals surface area contributed by atoms with Crippen LogP contribution in [0.4, 0.5) is 5.82 Å². The summed E-state index contributed by atoms with van der Waals surface area (Å²) in [5, 5.41) is 7.41. The molecule has 5 rings (SSSR count). The van der Waals surface area contributed by atoms with Crippen LogP contribution in [0.2, 0.25) is 0 Å². The van der Waals surface area contributed by atoms with Gasteiger partial charge in [-0.2, -0.15) is 5.10 Å². The lowest BCUT2D eigenvalue weighted by atomic mass is 9.95. The first-order chi connectivity index (χ1) is 16.6. The number of piperidine rings is 1. The Balaban J connectivity index is 1.09. The molecule has 1 aliphatic rings. The van der Waals surface area contributed by atoms with Crippen LogP contribution >= 0.6 is 0 Å². The standard InChI is InChI=1S/C26H28N6O2/c33-25(10-9-20-6-2-1-3-7-20)30-15-11-21(12-16-30)26(34)28-23-13-17-32(29-23)19-22-18-31-14-5-4-8-24(31)27-22/h1-8,13-14,17-18,21H,9-12,15-16,19H2,(H,28,29,34). The summed E-state index contributed by atoms with van der Waals surface area (Å²) in [6.07, 6.45) is 8.37. The molecule has 1 fully saturated rings. The van der Waals surface area contributed by atoms with E-state index in [1.165, 1.54) is 5.56 Å². The number of aromatic nitrogens is 4. The normalized spacial score (nSPS) is 14.4. The van der Waals surface area contributed by atoms with Crippen LogP contribution in [0.15, 0.2) is 73.2 Å². The first-order valence-corrected chi connectivity index (χ1v) is 11.7. The third kappa shape index (κ3) is 5.17. The number of pyridine rings is 1. The quantitative estimate of drug-likeness (QED) is 0.462. The number of nitrogens with one attached hydrogen (secondary N) is 1. The van der Waals surface area contributed by atoms with E-state index in [1.54, 1.807) is 10.7 Å². The van der Waals surface area contributed by atoms with Crippen LogP contribution in [-0.4, -0.2) is 49.0 Å². The summed E-state index contributed by atoms with van der Waals surface area (Å²) in [6, 6.07) is 17.7. The van der Waals surface area contributed by atoms with E-state index in [-0.39, 0.29) is 17.7 Å². The Morgan fingerprint density at radius 1 is 0.971 bits per heavy atom. The lowest BCUT2D eigenvalue weighted by Crippen LogP contribution is -2.41. The largest absolute Gasteiger partial charge is 0.343 e. The van der Waals surface area contributed by atoms with Gasteiger partial charge in [0.2, 0.25) is 11.8 Å². The van der Waals surface area contributed by atoms with Gasteiger partial charge in [0.25, 0.3) is 0 Å². The summed E-state index contributed by atoms with van der Waals surface area (Å²) in [4.78, 5) is 31.8. The minimum Gasteiger partial charge on any atom is -0.343 e. The first-order valence-electron chi connectivity index (χ1n) is 11.7. The predicted octanol–water partition coefficient (Wildman–Crippen LogP) is 3.39. The average Bonchev–Trinajstić information content (AvgIpc) is 3.49. The molecule has 1 N–H and O–H groups in total. The van der Waals surface area contributed by atoms with Crippen molar-refractivity contribution in [3.05, 3.63) is 84.4 Å². The number of imidazole rings is 1. The predicted molar refractivity (Wildman–Crippen MR) is 129 cm³/mol. The molecule has 8 heteroatoms. The van der Waals surface area contributed by atoms with Gasteiger partial charge in [0.05, 0.1) is 12.2 Å². The van der Waals surface area contributed by atoms with E-state index in [0.29, 0.717) is 44.7 Å². The van der Waals surface area contributed by atoms with Crippen LogP contribution in [0.1, 0.15) is 30.5 Å². The number of carbonyl (C=O) groups excluding carboxylic acids is 2. The number of amides is 2. The van der Waals surface area contributed by atoms with Gasteiger partial charge in [0.15, 0.2) is 5.82 Å². The van der Waals surface area contributed by atoms with Gasteiger partial charge in [-0.1, -0.05) is 36.4 Å². The lowest BCUT2D eigenvalue weighted by Gasteiger charge is -2.31. The van der Waals surface area contributed by atoms with E-state index in [9.17, 15) is 9.59 Å². The molecule has 8 nitrogen and oxygen atoms in total. The van der Waals surface area contributed by atoms with Crippen molar-refractivity contribution < 1.29 is 9.59 Å². The van der Waals surface area contributed by atoms with Gasteiger partial charge in [-0.3, -0.25) is 14.3 Å². The molecule has 4 aromatic rings. The van der Waals surface area contributed by atoms with Crippen LogP contribution in [-0.2, 0) is 22.6 Å². The fourth-order valence-corrected chi connectivity index (χ4v) is 4.42. The Morgan fingerprint density at radius 2 is 1.76 bits per heavy atom. The highest BCUT2D eigenvalue weighted by molar-refractivity contribution is 5.91. The van der Waals surface area contributed by atoms with Crippen LogP contribution < -0.4 is 5.32 Å². The maximum absolute atomic E-state index is 12.8. The van der Waals surface area contributed by atoms with Crippen molar-refractivity contribution in [1.82, 2.24) is 24.1 Å². The molecule has 3 aromatic heterocycles. The minimum atomic E-state index is -0.109. The molecule has 1 aromatic carbocycles. The number of fused-ring (bicyclic) bond motifs is 1. The molecule has 1 saturated heterocycles. The Labute approximate surface area is 198 Å². The highest BCUT2D eigenvalue weighted by Crippen LogP contribution is 2.20. The molecule has 0 aliphatic carbocycles. The monoisotopic (exact) mass is 456 g/mol. The number of rotatable bonds is 7. The van der Waals surface area contributed by atoms with Crippen molar-refractivity contribution in [3.8, 4) is 0 Å². The zero-order chi connectivity index (χ0) is 23.3. The maximum atomic E-state index is 12.8. The minimum absolute atomic E-state index is 0.0330. The van der Waals surface area contributed by atoms with E-state index in [4.69, 9.17) is 0 Å². The van der Waals surface area contributed by atoms with Gasteiger partial charge >= 0.3 is 0 Å². The van der Waals surface area contributed by atoms with Gasteiger partial charge < -0.3 is 14.6 Å². The molecule has 1 aliphatic heterocycles. The zero-order valence-electron chi connectivity index (χ0n) is 19.0. The number of benzene rings is 1. The molecule has 0 unspecified atom stereocenters. The van der Waals surface area contributed by atoms with Gasteiger partial charge in [0, 0.05) is 50.1 Å². The average molecular weight is 457 g/mol. The van der Waals surface area contributed by atoms with Crippen LogP contribution in [0.5, 0.6) is 0 Å². The molecule has 0 spiro atoms. The van der Waals surface area contributed by atoms with E-state index in [0.717, 1.165) is 17.8 Å². The summed E-state index contributed by atoms with van der Waals surface area (Å²) >= 11 is 0. The fourth-order valence-electron chi connectivity index (χ4n) is 4.42. The Hall–Kier alpha value is -3.94. The summed E-state index contributed by atoms with van der Waals surface area (Å²) in [5.41, 5.74) is 2.96. The number of likely N-dealkylation sites (tertiary alicyclic amines) is 1. The van der Waals surface area contributed by atoms with Crippen molar-refractivity contribution in [2.45, 2.75) is 32.2 Å². The second-order valence-corrected chi connectivity index (χ2v) is 8.73. The molecule has 4 heterocycles. The molecule has 0 bridgehead atoms. The molecule has 0 radical (unpaired) electrons. The number of nitrogens with zero attached hydrogens (tertiary/aromatic N) is 5. The number of hydrogen-bond acceptors (Lipinski definition) is 4. The lowest BCUT2D eigenvalue weighted by molar-refractivity contribution is -0.134. The van der Waals surface area contributed by atoms with Gasteiger partial charge in [-0.25, -0.2) is 4.98 Å². The molecular weight excluding hydrogens is 428 g/mol. The van der Waals surface area contributed by atoms with E-state index in [1.807, 2.05) is 76.4 Å². The highest BCUT2D eigenvalue weighted by atomic mass is 16.2. The summed E-state index contributed by atoms with van der Waals surface area (Å²) in [7, 11) is 0. The molecular formula is C26H28N6O2.